The average molecular weight is 358 g/mol. The number of ether oxygens (including phenoxy) is 2. The molecule has 0 unspecified atom stereocenters. The summed E-state index contributed by atoms with van der Waals surface area (Å²) < 4.78 is 23.8. The highest BCUT2D eigenvalue weighted by molar-refractivity contribution is 5.97. The van der Waals surface area contributed by atoms with Crippen LogP contribution >= 0.6 is 0 Å². The summed E-state index contributed by atoms with van der Waals surface area (Å²) in [6.45, 7) is 2.22. The molecule has 0 bridgehead atoms. The number of morpholine rings is 1. The molecule has 1 amide bonds. The molecule has 26 heavy (non-hydrogen) atoms. The Morgan fingerprint density at radius 3 is 2.54 bits per heavy atom. The van der Waals surface area contributed by atoms with Crippen molar-refractivity contribution in [1.82, 2.24) is 0 Å². The molecule has 3 rings (SSSR count). The third kappa shape index (κ3) is 4.37. The van der Waals surface area contributed by atoms with Gasteiger partial charge < -0.3 is 19.7 Å². The molecule has 7 heteroatoms. The Morgan fingerprint density at radius 2 is 1.77 bits per heavy atom. The van der Waals surface area contributed by atoms with Crippen LogP contribution in [0.5, 0.6) is 0 Å². The summed E-state index contributed by atoms with van der Waals surface area (Å²) in [6.07, 6.45) is 0. The molecule has 1 heterocycles. The number of para-hydroxylation sites is 2. The topological polar surface area (TPSA) is 67.9 Å². The van der Waals surface area contributed by atoms with Crippen molar-refractivity contribution in [3.63, 3.8) is 0 Å². The maximum atomic E-state index is 13.6. The highest BCUT2D eigenvalue weighted by Crippen LogP contribution is 2.26. The van der Waals surface area contributed by atoms with Crippen molar-refractivity contribution in [3.05, 3.63) is 59.9 Å². The number of nitrogens with one attached hydrogen (secondary N) is 1. The van der Waals surface area contributed by atoms with E-state index >= 15 is 0 Å². The number of hydrogen-bond acceptors (Lipinski definition) is 5. The molecule has 1 fully saturated rings. The number of halogens is 1. The molecule has 0 aliphatic carbocycles. The van der Waals surface area contributed by atoms with Crippen LogP contribution in [0.3, 0.4) is 0 Å². The molecule has 2 aromatic carbocycles. The van der Waals surface area contributed by atoms with Crippen LogP contribution in [0.25, 0.3) is 0 Å². The number of rotatable bonds is 5. The Labute approximate surface area is 150 Å². The molecule has 2 aromatic rings. The van der Waals surface area contributed by atoms with Gasteiger partial charge in [0.25, 0.3) is 5.91 Å². The van der Waals surface area contributed by atoms with Gasteiger partial charge in [0.15, 0.2) is 6.61 Å². The summed E-state index contributed by atoms with van der Waals surface area (Å²) in [7, 11) is 0. The second-order valence-electron chi connectivity index (χ2n) is 5.72. The number of amides is 1. The van der Waals surface area contributed by atoms with Gasteiger partial charge in [-0.15, -0.1) is 0 Å². The number of carbonyl (C=O) groups excluding carboxylic acids is 2. The third-order valence-corrected chi connectivity index (χ3v) is 3.96. The Hall–Kier alpha value is -2.93. The average Bonchev–Trinajstić information content (AvgIpc) is 2.67. The number of benzene rings is 2. The van der Waals surface area contributed by atoms with Gasteiger partial charge in [-0.25, -0.2) is 9.18 Å². The van der Waals surface area contributed by atoms with Gasteiger partial charge in [-0.2, -0.15) is 0 Å². The lowest BCUT2D eigenvalue weighted by Crippen LogP contribution is -2.36. The molecule has 0 radical (unpaired) electrons. The first-order chi connectivity index (χ1) is 12.6. The highest BCUT2D eigenvalue weighted by Gasteiger charge is 2.17. The first-order valence-corrected chi connectivity index (χ1v) is 8.28. The van der Waals surface area contributed by atoms with Crippen LogP contribution in [-0.2, 0) is 14.3 Å². The van der Waals surface area contributed by atoms with Crippen molar-refractivity contribution in [2.45, 2.75) is 0 Å². The molecule has 136 valence electrons. The SMILES string of the molecule is O=C(COC(=O)c1ccccc1F)Nc1ccccc1N1CCOCC1. The van der Waals surface area contributed by atoms with E-state index < -0.39 is 24.3 Å². The zero-order valence-corrected chi connectivity index (χ0v) is 14.1. The summed E-state index contributed by atoms with van der Waals surface area (Å²) >= 11 is 0. The van der Waals surface area contributed by atoms with E-state index in [1.165, 1.54) is 18.2 Å². The van der Waals surface area contributed by atoms with Gasteiger partial charge in [-0.05, 0) is 24.3 Å². The summed E-state index contributed by atoms with van der Waals surface area (Å²) in [4.78, 5) is 26.1. The van der Waals surface area contributed by atoms with Gasteiger partial charge in [0.1, 0.15) is 5.82 Å². The minimum absolute atomic E-state index is 0.200. The highest BCUT2D eigenvalue weighted by atomic mass is 19.1. The molecule has 0 aromatic heterocycles. The van der Waals surface area contributed by atoms with Crippen molar-refractivity contribution < 1.29 is 23.5 Å². The van der Waals surface area contributed by atoms with Crippen LogP contribution in [-0.4, -0.2) is 44.8 Å². The summed E-state index contributed by atoms with van der Waals surface area (Å²) in [5, 5.41) is 2.74. The largest absolute Gasteiger partial charge is 0.452 e. The van der Waals surface area contributed by atoms with Crippen LogP contribution in [0, 0.1) is 5.82 Å². The van der Waals surface area contributed by atoms with Crippen molar-refractivity contribution in [2.24, 2.45) is 0 Å². The number of carbonyl (C=O) groups is 2. The lowest BCUT2D eigenvalue weighted by molar-refractivity contribution is -0.119. The standard InChI is InChI=1S/C19H19FN2O4/c20-15-6-2-1-5-14(15)19(24)26-13-18(23)21-16-7-3-4-8-17(16)22-9-11-25-12-10-22/h1-8H,9-13H2,(H,21,23). The maximum absolute atomic E-state index is 13.6. The lowest BCUT2D eigenvalue weighted by atomic mass is 10.2. The minimum atomic E-state index is -0.875. The van der Waals surface area contributed by atoms with Crippen molar-refractivity contribution in [3.8, 4) is 0 Å². The zero-order chi connectivity index (χ0) is 18.4. The van der Waals surface area contributed by atoms with Gasteiger partial charge in [0.2, 0.25) is 0 Å². The van der Waals surface area contributed by atoms with E-state index in [9.17, 15) is 14.0 Å². The molecule has 0 atom stereocenters. The van der Waals surface area contributed by atoms with Crippen LogP contribution in [0.2, 0.25) is 0 Å². The fourth-order valence-corrected chi connectivity index (χ4v) is 2.68. The fourth-order valence-electron chi connectivity index (χ4n) is 2.68. The quantitative estimate of drug-likeness (QED) is 0.832. The summed E-state index contributed by atoms with van der Waals surface area (Å²) in [5.41, 5.74) is 1.31. The number of esters is 1. The zero-order valence-electron chi connectivity index (χ0n) is 14.1. The Morgan fingerprint density at radius 1 is 1.08 bits per heavy atom. The fraction of sp³-hybridized carbons (Fsp3) is 0.263. The number of hydrogen-bond donors (Lipinski definition) is 1. The van der Waals surface area contributed by atoms with Gasteiger partial charge >= 0.3 is 5.97 Å². The molecule has 1 aliphatic rings. The monoisotopic (exact) mass is 358 g/mol. The van der Waals surface area contributed by atoms with Crippen LogP contribution in [0.15, 0.2) is 48.5 Å². The first kappa shape index (κ1) is 17.9. The normalized spacial score (nSPS) is 14.0. The van der Waals surface area contributed by atoms with Gasteiger partial charge in [-0.1, -0.05) is 24.3 Å². The van der Waals surface area contributed by atoms with Crippen LogP contribution < -0.4 is 10.2 Å². The first-order valence-electron chi connectivity index (χ1n) is 8.28. The van der Waals surface area contributed by atoms with E-state index in [1.54, 1.807) is 6.07 Å². The molecule has 1 aliphatic heterocycles. The molecule has 1 saturated heterocycles. The van der Waals surface area contributed by atoms with E-state index in [0.29, 0.717) is 18.9 Å². The molecular formula is C19H19FN2O4. The van der Waals surface area contributed by atoms with E-state index in [-0.39, 0.29) is 5.56 Å². The van der Waals surface area contributed by atoms with Crippen molar-refractivity contribution in [2.75, 3.05) is 43.1 Å². The predicted molar refractivity (Wildman–Crippen MR) is 94.8 cm³/mol. The number of nitrogens with zero attached hydrogens (tertiary/aromatic N) is 1. The van der Waals surface area contributed by atoms with Crippen molar-refractivity contribution >= 4 is 23.3 Å². The minimum Gasteiger partial charge on any atom is -0.452 e. The van der Waals surface area contributed by atoms with Crippen LogP contribution in [0.1, 0.15) is 10.4 Å². The molecule has 6 nitrogen and oxygen atoms in total. The van der Waals surface area contributed by atoms with Gasteiger partial charge in [0.05, 0.1) is 30.2 Å². The number of anilines is 2. The molecule has 1 N–H and O–H groups in total. The Bertz CT molecular complexity index is 791. The smallest absolute Gasteiger partial charge is 0.341 e. The van der Waals surface area contributed by atoms with E-state index in [4.69, 9.17) is 9.47 Å². The summed E-state index contributed by atoms with van der Waals surface area (Å²) in [6, 6.07) is 12.9. The van der Waals surface area contributed by atoms with E-state index in [1.807, 2.05) is 18.2 Å². The molecular weight excluding hydrogens is 339 g/mol. The summed E-state index contributed by atoms with van der Waals surface area (Å²) in [5.74, 6) is -2.05. The van der Waals surface area contributed by atoms with Crippen molar-refractivity contribution in [1.29, 1.82) is 0 Å². The maximum Gasteiger partial charge on any atom is 0.341 e. The third-order valence-electron chi connectivity index (χ3n) is 3.96. The predicted octanol–water partition coefficient (Wildman–Crippen LogP) is 2.46. The van der Waals surface area contributed by atoms with Gasteiger partial charge in [-0.3, -0.25) is 4.79 Å². The second kappa shape index (κ2) is 8.44. The lowest BCUT2D eigenvalue weighted by Gasteiger charge is -2.30. The van der Waals surface area contributed by atoms with E-state index in [2.05, 4.69) is 10.2 Å². The molecule has 0 spiro atoms. The van der Waals surface area contributed by atoms with Gasteiger partial charge in [0, 0.05) is 13.1 Å². The van der Waals surface area contributed by atoms with Crippen LogP contribution in [0.4, 0.5) is 15.8 Å². The van der Waals surface area contributed by atoms with E-state index in [0.717, 1.165) is 24.8 Å². The Balaban J connectivity index is 1.60. The molecule has 0 saturated carbocycles. The Kier molecular flexibility index (Phi) is 5.80. The second-order valence-corrected chi connectivity index (χ2v) is 5.72.